The molecule has 3 aromatic rings. The molecule has 1 atom stereocenters. The number of rotatable bonds is 5. The zero-order valence-electron chi connectivity index (χ0n) is 12.8. The van der Waals surface area contributed by atoms with Gasteiger partial charge in [0.2, 0.25) is 0 Å². The lowest BCUT2D eigenvalue weighted by Crippen LogP contribution is -2.44. The highest BCUT2D eigenvalue weighted by Gasteiger charge is 2.42. The zero-order chi connectivity index (χ0) is 16.1. The third-order valence-corrected chi connectivity index (χ3v) is 4.36. The second-order valence-corrected chi connectivity index (χ2v) is 5.60. The highest BCUT2D eigenvalue weighted by atomic mass is 16.3. The van der Waals surface area contributed by atoms with Gasteiger partial charge in [0.1, 0.15) is 0 Å². The molecular formula is C21H20O2. The van der Waals surface area contributed by atoms with Crippen LogP contribution in [0.1, 0.15) is 16.7 Å². The van der Waals surface area contributed by atoms with Crippen LogP contribution in [0, 0.1) is 0 Å². The van der Waals surface area contributed by atoms with Crippen molar-refractivity contribution in [3.05, 3.63) is 108 Å². The highest BCUT2D eigenvalue weighted by molar-refractivity contribution is 5.51. The van der Waals surface area contributed by atoms with Gasteiger partial charge in [-0.2, -0.15) is 0 Å². The maximum Gasteiger partial charge on any atom is 0.0948 e. The first-order valence-electron chi connectivity index (χ1n) is 7.75. The molecule has 0 saturated carbocycles. The van der Waals surface area contributed by atoms with E-state index in [-0.39, 0.29) is 6.61 Å². The standard InChI is InChI=1S/C21H20O2/c22-16-20(23)21(17-10-4-1-5-11-17,18-12-6-2-7-13-18)19-14-8-3-9-15-19/h1-15,20,22-23H,16H2. The summed E-state index contributed by atoms with van der Waals surface area (Å²) < 4.78 is 0. The van der Waals surface area contributed by atoms with Crippen molar-refractivity contribution in [2.75, 3.05) is 6.61 Å². The monoisotopic (exact) mass is 304 g/mol. The van der Waals surface area contributed by atoms with Gasteiger partial charge in [-0.1, -0.05) is 91.0 Å². The Hall–Kier alpha value is -2.42. The lowest BCUT2D eigenvalue weighted by molar-refractivity contribution is 0.0567. The summed E-state index contributed by atoms with van der Waals surface area (Å²) in [5.74, 6) is 0. The minimum atomic E-state index is -0.949. The fraction of sp³-hybridized carbons (Fsp3) is 0.143. The zero-order valence-corrected chi connectivity index (χ0v) is 12.8. The molecule has 0 heterocycles. The molecule has 1 unspecified atom stereocenters. The summed E-state index contributed by atoms with van der Waals surface area (Å²) in [6, 6.07) is 29.6. The van der Waals surface area contributed by atoms with Crippen molar-refractivity contribution in [1.82, 2.24) is 0 Å². The van der Waals surface area contributed by atoms with Crippen molar-refractivity contribution >= 4 is 0 Å². The van der Waals surface area contributed by atoms with E-state index in [1.807, 2.05) is 91.0 Å². The molecule has 0 saturated heterocycles. The number of benzene rings is 3. The van der Waals surface area contributed by atoms with Crippen molar-refractivity contribution in [3.63, 3.8) is 0 Å². The Kier molecular flexibility index (Phi) is 4.56. The van der Waals surface area contributed by atoms with E-state index < -0.39 is 11.5 Å². The maximum absolute atomic E-state index is 10.9. The number of aliphatic hydroxyl groups excluding tert-OH is 2. The molecule has 0 amide bonds. The van der Waals surface area contributed by atoms with Gasteiger partial charge in [-0.25, -0.2) is 0 Å². The van der Waals surface area contributed by atoms with E-state index in [9.17, 15) is 10.2 Å². The molecule has 0 aromatic heterocycles. The summed E-state index contributed by atoms with van der Waals surface area (Å²) in [5, 5.41) is 20.7. The van der Waals surface area contributed by atoms with Gasteiger partial charge in [0.15, 0.2) is 0 Å². The summed E-state index contributed by atoms with van der Waals surface area (Å²) in [4.78, 5) is 0. The molecule has 2 nitrogen and oxygen atoms in total. The molecule has 2 N–H and O–H groups in total. The van der Waals surface area contributed by atoms with Crippen molar-refractivity contribution in [2.45, 2.75) is 11.5 Å². The van der Waals surface area contributed by atoms with Gasteiger partial charge in [0.25, 0.3) is 0 Å². The molecule has 0 radical (unpaired) electrons. The minimum absolute atomic E-state index is 0.321. The SMILES string of the molecule is OCC(O)C(c1ccccc1)(c1ccccc1)c1ccccc1. The summed E-state index contributed by atoms with van der Waals surface area (Å²) in [6.45, 7) is -0.321. The second-order valence-electron chi connectivity index (χ2n) is 5.60. The van der Waals surface area contributed by atoms with Crippen LogP contribution in [0.5, 0.6) is 0 Å². The average Bonchev–Trinajstić information content (AvgIpc) is 2.65. The normalized spacial score (nSPS) is 12.8. The molecular weight excluding hydrogens is 284 g/mol. The minimum Gasteiger partial charge on any atom is -0.394 e. The van der Waals surface area contributed by atoms with Crippen molar-refractivity contribution in [1.29, 1.82) is 0 Å². The molecule has 0 aliphatic carbocycles. The highest BCUT2D eigenvalue weighted by Crippen LogP contribution is 2.42. The molecule has 0 bridgehead atoms. The first-order valence-corrected chi connectivity index (χ1v) is 7.75. The molecule has 2 heteroatoms. The van der Waals surface area contributed by atoms with Gasteiger partial charge in [-0.15, -0.1) is 0 Å². The second kappa shape index (κ2) is 6.78. The van der Waals surface area contributed by atoms with Crippen LogP contribution in [0.15, 0.2) is 91.0 Å². The van der Waals surface area contributed by atoms with Gasteiger partial charge in [-0.3, -0.25) is 0 Å². The molecule has 0 aliphatic heterocycles. The van der Waals surface area contributed by atoms with Crippen LogP contribution in [0.25, 0.3) is 0 Å². The number of hydrogen-bond acceptors (Lipinski definition) is 2. The van der Waals surface area contributed by atoms with E-state index in [1.165, 1.54) is 0 Å². The van der Waals surface area contributed by atoms with E-state index in [1.54, 1.807) is 0 Å². The largest absolute Gasteiger partial charge is 0.394 e. The molecule has 23 heavy (non-hydrogen) atoms. The first kappa shape index (κ1) is 15.5. The Morgan fingerprint density at radius 1 is 0.609 bits per heavy atom. The number of aliphatic hydroxyl groups is 2. The van der Waals surface area contributed by atoms with Crippen LogP contribution in [-0.4, -0.2) is 22.9 Å². The van der Waals surface area contributed by atoms with Gasteiger partial charge in [0.05, 0.1) is 18.1 Å². The summed E-state index contributed by atoms with van der Waals surface area (Å²) in [7, 11) is 0. The van der Waals surface area contributed by atoms with Crippen LogP contribution in [0.3, 0.4) is 0 Å². The predicted octanol–water partition coefficient (Wildman–Crippen LogP) is 3.37. The number of hydrogen-bond donors (Lipinski definition) is 2. The quantitative estimate of drug-likeness (QED) is 0.710. The Balaban J connectivity index is 2.35. The Bertz CT molecular complexity index is 627. The Morgan fingerprint density at radius 3 is 1.17 bits per heavy atom. The molecule has 116 valence electrons. The predicted molar refractivity (Wildman–Crippen MR) is 92.3 cm³/mol. The molecule has 3 aromatic carbocycles. The van der Waals surface area contributed by atoms with Crippen LogP contribution in [0.4, 0.5) is 0 Å². The van der Waals surface area contributed by atoms with Crippen LogP contribution < -0.4 is 0 Å². The fourth-order valence-corrected chi connectivity index (χ4v) is 3.32. The Labute approximate surface area is 136 Å². The summed E-state index contributed by atoms with van der Waals surface area (Å²) >= 11 is 0. The Morgan fingerprint density at radius 2 is 0.913 bits per heavy atom. The fourth-order valence-electron chi connectivity index (χ4n) is 3.32. The van der Waals surface area contributed by atoms with E-state index in [4.69, 9.17) is 0 Å². The molecule has 0 fully saturated rings. The summed E-state index contributed by atoms with van der Waals surface area (Å²) in [5.41, 5.74) is 2.07. The lowest BCUT2D eigenvalue weighted by Gasteiger charge is -2.39. The molecule has 0 spiro atoms. The van der Waals surface area contributed by atoms with Crippen molar-refractivity contribution in [3.8, 4) is 0 Å². The van der Waals surface area contributed by atoms with Crippen molar-refractivity contribution < 1.29 is 10.2 Å². The lowest BCUT2D eigenvalue weighted by atomic mass is 9.66. The summed E-state index contributed by atoms with van der Waals surface area (Å²) in [6.07, 6.45) is -0.949. The topological polar surface area (TPSA) is 40.5 Å². The van der Waals surface area contributed by atoms with Crippen LogP contribution >= 0.6 is 0 Å². The van der Waals surface area contributed by atoms with E-state index in [2.05, 4.69) is 0 Å². The van der Waals surface area contributed by atoms with Gasteiger partial charge < -0.3 is 10.2 Å². The molecule has 0 aliphatic rings. The smallest absolute Gasteiger partial charge is 0.0948 e. The van der Waals surface area contributed by atoms with Crippen LogP contribution in [-0.2, 0) is 5.41 Å². The van der Waals surface area contributed by atoms with Gasteiger partial charge >= 0.3 is 0 Å². The third kappa shape index (κ3) is 2.67. The van der Waals surface area contributed by atoms with Crippen molar-refractivity contribution in [2.24, 2.45) is 0 Å². The first-order chi connectivity index (χ1) is 11.3. The van der Waals surface area contributed by atoms with E-state index in [0.717, 1.165) is 16.7 Å². The average molecular weight is 304 g/mol. The maximum atomic E-state index is 10.9. The van der Waals surface area contributed by atoms with E-state index in [0.29, 0.717) is 0 Å². The van der Waals surface area contributed by atoms with Crippen LogP contribution in [0.2, 0.25) is 0 Å². The van der Waals surface area contributed by atoms with Gasteiger partial charge in [-0.05, 0) is 16.7 Å². The third-order valence-electron chi connectivity index (χ3n) is 4.36. The molecule has 3 rings (SSSR count). The van der Waals surface area contributed by atoms with E-state index >= 15 is 0 Å². The van der Waals surface area contributed by atoms with Gasteiger partial charge in [0, 0.05) is 0 Å².